The van der Waals surface area contributed by atoms with E-state index in [1.54, 1.807) is 4.90 Å². The Morgan fingerprint density at radius 3 is 2.85 bits per heavy atom. The van der Waals surface area contributed by atoms with Crippen LogP contribution in [0.15, 0.2) is 24.3 Å². The van der Waals surface area contributed by atoms with Crippen molar-refractivity contribution in [2.75, 3.05) is 43.1 Å². The van der Waals surface area contributed by atoms with E-state index in [0.717, 1.165) is 11.4 Å². The lowest BCUT2D eigenvalue weighted by Crippen LogP contribution is -2.41. The molecule has 9 heteroatoms. The number of aromatic amines is 1. The average molecular weight is 375 g/mol. The van der Waals surface area contributed by atoms with Crippen LogP contribution in [-0.4, -0.2) is 69.7 Å². The van der Waals surface area contributed by atoms with Crippen LogP contribution in [0.4, 0.5) is 5.69 Å². The highest BCUT2D eigenvalue weighted by molar-refractivity contribution is 8.00. The molecule has 1 aromatic carbocycles. The van der Waals surface area contributed by atoms with Gasteiger partial charge in [-0.15, -0.1) is 11.8 Å². The van der Waals surface area contributed by atoms with Crippen LogP contribution < -0.4 is 5.32 Å². The van der Waals surface area contributed by atoms with Crippen LogP contribution in [0.5, 0.6) is 0 Å². The van der Waals surface area contributed by atoms with E-state index in [-0.39, 0.29) is 17.6 Å². The molecule has 1 aromatic heterocycles. The van der Waals surface area contributed by atoms with E-state index < -0.39 is 0 Å². The number of nitrogens with one attached hydrogen (secondary N) is 2. The first-order valence-corrected chi connectivity index (χ1v) is 9.50. The molecule has 2 N–H and O–H groups in total. The Morgan fingerprint density at radius 1 is 1.31 bits per heavy atom. The summed E-state index contributed by atoms with van der Waals surface area (Å²) in [6.07, 6.45) is 0. The lowest BCUT2D eigenvalue weighted by Gasteiger charge is -2.26. The number of thioether (sulfide) groups is 1. The van der Waals surface area contributed by atoms with Crippen molar-refractivity contribution in [1.82, 2.24) is 20.1 Å². The summed E-state index contributed by atoms with van der Waals surface area (Å²) in [6.45, 7) is 4.24. The highest BCUT2D eigenvalue weighted by Gasteiger charge is 2.17. The number of morpholine rings is 1. The van der Waals surface area contributed by atoms with E-state index in [2.05, 4.69) is 20.5 Å². The number of aromatic nitrogens is 3. The molecule has 2 aromatic rings. The largest absolute Gasteiger partial charge is 0.378 e. The fourth-order valence-electron chi connectivity index (χ4n) is 2.54. The molecule has 26 heavy (non-hydrogen) atoms. The summed E-state index contributed by atoms with van der Waals surface area (Å²) in [5.74, 6) is 1.74. The zero-order valence-electron chi connectivity index (χ0n) is 14.5. The fourth-order valence-corrected chi connectivity index (χ4v) is 3.26. The predicted octanol–water partition coefficient (Wildman–Crippen LogP) is 1.31. The first-order valence-electron chi connectivity index (χ1n) is 8.34. The minimum Gasteiger partial charge on any atom is -0.378 e. The van der Waals surface area contributed by atoms with Crippen LogP contribution in [0, 0.1) is 6.92 Å². The minimum absolute atomic E-state index is 0.0491. The normalized spacial score (nSPS) is 14.3. The standard InChI is InChI=1S/C17H21N5O3S/c1-12-18-17(21-20-12)13-3-2-4-14(9-13)19-15(23)10-26-11-16(24)22-5-7-25-8-6-22/h2-4,9H,5-8,10-11H2,1H3,(H,19,23)(H,18,20,21). The maximum Gasteiger partial charge on any atom is 0.234 e. The van der Waals surface area contributed by atoms with Gasteiger partial charge in [0.15, 0.2) is 5.82 Å². The summed E-state index contributed by atoms with van der Waals surface area (Å²) >= 11 is 1.31. The Balaban J connectivity index is 1.46. The first-order chi connectivity index (χ1) is 12.6. The SMILES string of the molecule is Cc1nc(-c2cccc(NC(=O)CSCC(=O)N3CCOCC3)c2)n[nH]1. The van der Waals surface area contributed by atoms with Gasteiger partial charge in [-0.1, -0.05) is 12.1 Å². The molecule has 1 fully saturated rings. The maximum absolute atomic E-state index is 12.1. The molecule has 0 atom stereocenters. The number of carbonyl (C=O) groups is 2. The van der Waals surface area contributed by atoms with Crippen molar-refractivity contribution < 1.29 is 14.3 Å². The van der Waals surface area contributed by atoms with Gasteiger partial charge in [0.05, 0.1) is 24.7 Å². The van der Waals surface area contributed by atoms with Crippen LogP contribution in [0.3, 0.4) is 0 Å². The smallest absolute Gasteiger partial charge is 0.234 e. The fraction of sp³-hybridized carbons (Fsp3) is 0.412. The molecule has 1 aliphatic rings. The lowest BCUT2D eigenvalue weighted by molar-refractivity contribution is -0.132. The third-order valence-corrected chi connectivity index (χ3v) is 4.74. The highest BCUT2D eigenvalue weighted by atomic mass is 32.2. The van der Waals surface area contributed by atoms with E-state index in [9.17, 15) is 9.59 Å². The van der Waals surface area contributed by atoms with Crippen LogP contribution in [0.1, 0.15) is 5.82 Å². The molecule has 0 saturated carbocycles. The zero-order valence-corrected chi connectivity index (χ0v) is 15.3. The molecule has 1 aliphatic heterocycles. The number of ether oxygens (including phenoxy) is 1. The van der Waals surface area contributed by atoms with E-state index in [4.69, 9.17) is 4.74 Å². The quantitative estimate of drug-likeness (QED) is 0.790. The molecular formula is C17H21N5O3S. The summed E-state index contributed by atoms with van der Waals surface area (Å²) < 4.78 is 5.23. The number of anilines is 1. The van der Waals surface area contributed by atoms with Crippen molar-refractivity contribution in [2.45, 2.75) is 6.92 Å². The Hall–Kier alpha value is -2.39. The molecule has 0 spiro atoms. The van der Waals surface area contributed by atoms with Crippen LogP contribution in [0.25, 0.3) is 11.4 Å². The third kappa shape index (κ3) is 5.06. The van der Waals surface area contributed by atoms with Crippen LogP contribution in [0.2, 0.25) is 0 Å². The number of nitrogens with zero attached hydrogens (tertiary/aromatic N) is 3. The van der Waals surface area contributed by atoms with Gasteiger partial charge < -0.3 is 15.0 Å². The monoisotopic (exact) mass is 375 g/mol. The van der Waals surface area contributed by atoms with Gasteiger partial charge >= 0.3 is 0 Å². The molecule has 0 bridgehead atoms. The van der Waals surface area contributed by atoms with Gasteiger partial charge in [0.2, 0.25) is 11.8 Å². The Bertz CT molecular complexity index is 773. The van der Waals surface area contributed by atoms with Crippen molar-refractivity contribution >= 4 is 29.3 Å². The van der Waals surface area contributed by atoms with Crippen molar-refractivity contribution in [3.8, 4) is 11.4 Å². The second-order valence-corrected chi connectivity index (χ2v) is 6.84. The highest BCUT2D eigenvalue weighted by Crippen LogP contribution is 2.19. The number of carbonyl (C=O) groups excluding carboxylic acids is 2. The number of H-pyrrole nitrogens is 1. The first kappa shape index (κ1) is 18.4. The average Bonchev–Trinajstić information content (AvgIpc) is 3.09. The van der Waals surface area contributed by atoms with E-state index in [1.807, 2.05) is 31.2 Å². The summed E-state index contributed by atoms with van der Waals surface area (Å²) in [5.41, 5.74) is 1.50. The summed E-state index contributed by atoms with van der Waals surface area (Å²) in [7, 11) is 0. The molecule has 2 heterocycles. The van der Waals surface area contributed by atoms with Crippen LogP contribution in [-0.2, 0) is 14.3 Å². The van der Waals surface area contributed by atoms with Gasteiger partial charge in [-0.2, -0.15) is 5.10 Å². The molecule has 3 rings (SSSR count). The summed E-state index contributed by atoms with van der Waals surface area (Å²) in [6, 6.07) is 7.36. The second kappa shape index (κ2) is 8.81. The Kier molecular flexibility index (Phi) is 6.24. The van der Waals surface area contributed by atoms with Crippen molar-refractivity contribution in [3.05, 3.63) is 30.1 Å². The molecule has 0 radical (unpaired) electrons. The van der Waals surface area contributed by atoms with E-state index >= 15 is 0 Å². The minimum atomic E-state index is -0.145. The summed E-state index contributed by atoms with van der Waals surface area (Å²) in [5, 5.41) is 9.75. The number of hydrogen-bond acceptors (Lipinski definition) is 6. The van der Waals surface area contributed by atoms with Crippen molar-refractivity contribution in [1.29, 1.82) is 0 Å². The number of aryl methyl sites for hydroxylation is 1. The maximum atomic E-state index is 12.1. The summed E-state index contributed by atoms with van der Waals surface area (Å²) in [4.78, 5) is 30.2. The van der Waals surface area contributed by atoms with Gasteiger partial charge in [0.25, 0.3) is 0 Å². The third-order valence-electron chi connectivity index (χ3n) is 3.82. The zero-order chi connectivity index (χ0) is 18.4. The molecule has 1 saturated heterocycles. The van der Waals surface area contributed by atoms with Gasteiger partial charge in [0, 0.05) is 24.3 Å². The van der Waals surface area contributed by atoms with E-state index in [1.165, 1.54) is 11.8 Å². The number of amides is 2. The number of rotatable bonds is 6. The van der Waals surface area contributed by atoms with Gasteiger partial charge in [-0.05, 0) is 19.1 Å². The van der Waals surface area contributed by atoms with Crippen molar-refractivity contribution in [3.63, 3.8) is 0 Å². The van der Waals surface area contributed by atoms with Gasteiger partial charge in [-0.25, -0.2) is 4.98 Å². The molecule has 8 nitrogen and oxygen atoms in total. The number of benzene rings is 1. The predicted molar refractivity (Wildman–Crippen MR) is 99.9 cm³/mol. The second-order valence-electron chi connectivity index (χ2n) is 5.86. The molecule has 138 valence electrons. The number of hydrogen-bond donors (Lipinski definition) is 2. The topological polar surface area (TPSA) is 100 Å². The Morgan fingerprint density at radius 2 is 2.12 bits per heavy atom. The molecule has 0 unspecified atom stereocenters. The van der Waals surface area contributed by atoms with Crippen LogP contribution >= 0.6 is 11.8 Å². The Labute approximate surface area is 155 Å². The van der Waals surface area contributed by atoms with Gasteiger partial charge in [0.1, 0.15) is 5.82 Å². The van der Waals surface area contributed by atoms with Gasteiger partial charge in [-0.3, -0.25) is 14.7 Å². The molecular weight excluding hydrogens is 354 g/mol. The molecule has 0 aliphatic carbocycles. The van der Waals surface area contributed by atoms with E-state index in [0.29, 0.717) is 43.6 Å². The lowest BCUT2D eigenvalue weighted by atomic mass is 10.2. The molecule has 2 amide bonds. The van der Waals surface area contributed by atoms with Crippen molar-refractivity contribution in [2.24, 2.45) is 0 Å².